The minimum Gasteiger partial charge on any atom is -0.324 e. The van der Waals surface area contributed by atoms with Crippen molar-refractivity contribution < 1.29 is 19.6 Å². The highest BCUT2D eigenvalue weighted by Crippen LogP contribution is 2.31. The van der Waals surface area contributed by atoms with Gasteiger partial charge in [-0.25, -0.2) is 10.5 Å². The van der Waals surface area contributed by atoms with E-state index in [-0.39, 0.29) is 18.4 Å². The van der Waals surface area contributed by atoms with Crippen LogP contribution in [-0.4, -0.2) is 52.6 Å². The van der Waals surface area contributed by atoms with Crippen LogP contribution < -0.4 is 10.7 Å². The van der Waals surface area contributed by atoms with Gasteiger partial charge in [0.25, 0.3) is 0 Å². The maximum Gasteiger partial charge on any atom is 0.248 e. The quantitative estimate of drug-likeness (QED) is 0.351. The molecule has 0 aromatic heterocycles. The first-order chi connectivity index (χ1) is 14.1. The summed E-state index contributed by atoms with van der Waals surface area (Å²) in [6, 6.07) is 8.52. The summed E-state index contributed by atoms with van der Waals surface area (Å²) in [4.78, 5) is 37.1. The number of benzene rings is 1. The lowest BCUT2D eigenvalue weighted by Gasteiger charge is -2.38. The fraction of sp³-hybridized carbons (Fsp3) is 0.571. The van der Waals surface area contributed by atoms with Crippen molar-refractivity contribution in [2.24, 2.45) is 11.8 Å². The van der Waals surface area contributed by atoms with E-state index in [1.54, 1.807) is 12.1 Å². The molecule has 0 unspecified atom stereocenters. The third-order valence-corrected chi connectivity index (χ3v) is 5.80. The number of hydrogen-bond acceptors (Lipinski definition) is 5. The molecule has 29 heavy (non-hydrogen) atoms. The van der Waals surface area contributed by atoms with Gasteiger partial charge in [-0.15, -0.1) is 0 Å². The Bertz CT molecular complexity index is 693. The van der Waals surface area contributed by atoms with Gasteiger partial charge >= 0.3 is 0 Å². The lowest BCUT2D eigenvalue weighted by molar-refractivity contribution is -0.161. The molecule has 3 N–H and O–H groups in total. The largest absolute Gasteiger partial charge is 0.324 e. The van der Waals surface area contributed by atoms with Gasteiger partial charge in [0.05, 0.1) is 12.5 Å². The highest BCUT2D eigenvalue weighted by molar-refractivity contribution is 5.97. The molecule has 1 heterocycles. The second-order valence-corrected chi connectivity index (χ2v) is 7.94. The normalized spacial score (nSPS) is 20.9. The zero-order valence-electron chi connectivity index (χ0n) is 16.6. The van der Waals surface area contributed by atoms with E-state index in [1.807, 2.05) is 18.2 Å². The molecule has 8 heteroatoms. The summed E-state index contributed by atoms with van der Waals surface area (Å²) in [6.07, 6.45) is 6.67. The molecule has 1 aromatic carbocycles. The molecular weight excluding hydrogens is 372 g/mol. The van der Waals surface area contributed by atoms with Gasteiger partial charge in [0.2, 0.25) is 18.2 Å². The van der Waals surface area contributed by atoms with Gasteiger partial charge in [-0.3, -0.25) is 24.6 Å². The molecule has 0 spiro atoms. The van der Waals surface area contributed by atoms with Crippen LogP contribution in [0.15, 0.2) is 30.3 Å². The number of carbonyl (C=O) groups is 3. The Morgan fingerprint density at radius 2 is 1.93 bits per heavy atom. The van der Waals surface area contributed by atoms with Crippen LogP contribution in [-0.2, 0) is 14.4 Å². The minimum absolute atomic E-state index is 0.0654. The molecule has 8 nitrogen and oxygen atoms in total. The van der Waals surface area contributed by atoms with Crippen LogP contribution in [0.5, 0.6) is 0 Å². The van der Waals surface area contributed by atoms with Crippen molar-refractivity contribution in [2.75, 3.05) is 18.4 Å². The summed E-state index contributed by atoms with van der Waals surface area (Å²) in [7, 11) is 0. The highest BCUT2D eigenvalue weighted by atomic mass is 16.5. The molecule has 3 amide bonds. The molecule has 2 fully saturated rings. The molecule has 1 saturated carbocycles. The molecule has 2 atom stereocenters. The molecule has 2 aliphatic rings. The number of hydroxylamine groups is 2. The van der Waals surface area contributed by atoms with Crippen molar-refractivity contribution in [3.63, 3.8) is 0 Å². The number of hydrogen-bond donors (Lipinski definition) is 3. The smallest absolute Gasteiger partial charge is 0.248 e. The molecule has 0 bridgehead atoms. The summed E-state index contributed by atoms with van der Waals surface area (Å²) in [5.41, 5.74) is 3.75. The highest BCUT2D eigenvalue weighted by Gasteiger charge is 2.37. The third kappa shape index (κ3) is 5.77. The Hall–Kier alpha value is -2.45. The predicted octanol–water partition coefficient (Wildman–Crippen LogP) is 2.16. The van der Waals surface area contributed by atoms with Crippen molar-refractivity contribution in [1.29, 1.82) is 0 Å². The Morgan fingerprint density at radius 3 is 2.62 bits per heavy atom. The van der Waals surface area contributed by atoms with Crippen molar-refractivity contribution in [3.8, 4) is 0 Å². The van der Waals surface area contributed by atoms with Crippen LogP contribution in [0.1, 0.15) is 44.9 Å². The number of carbonyl (C=O) groups excluding carboxylic acids is 3. The van der Waals surface area contributed by atoms with Gasteiger partial charge in [-0.1, -0.05) is 43.9 Å². The first-order valence-electron chi connectivity index (χ1n) is 10.4. The third-order valence-electron chi connectivity index (χ3n) is 5.80. The maximum absolute atomic E-state index is 13.3. The number of para-hydroxylation sites is 1. The van der Waals surface area contributed by atoms with Gasteiger partial charge in [0.15, 0.2) is 0 Å². The minimum atomic E-state index is -0.633. The lowest BCUT2D eigenvalue weighted by atomic mass is 9.91. The number of nitrogens with zero attached hydrogens (tertiary/aromatic N) is 2. The Labute approximate surface area is 171 Å². The number of hydrazine groups is 1. The van der Waals surface area contributed by atoms with E-state index in [0.717, 1.165) is 32.1 Å². The average Bonchev–Trinajstić information content (AvgIpc) is 3.26. The van der Waals surface area contributed by atoms with E-state index in [4.69, 9.17) is 0 Å². The van der Waals surface area contributed by atoms with Gasteiger partial charge in [0.1, 0.15) is 6.04 Å². The van der Waals surface area contributed by atoms with Crippen LogP contribution in [0, 0.1) is 11.8 Å². The van der Waals surface area contributed by atoms with Crippen molar-refractivity contribution in [3.05, 3.63) is 30.3 Å². The van der Waals surface area contributed by atoms with Crippen LogP contribution in [0.3, 0.4) is 0 Å². The molecule has 0 radical (unpaired) electrons. The molecular formula is C21H30N4O4. The standard InChI is InChI=1S/C21H30N4O4/c26-15-24(29)14-17(13-16-7-4-5-8-16)21(28)25-19(11-6-12-22-25)20(27)23-18-9-2-1-3-10-18/h1-3,9-10,15-17,19,22,29H,4-8,11-14H2,(H,23,27)/t17-,19+/m1/s1. The van der Waals surface area contributed by atoms with Crippen molar-refractivity contribution in [1.82, 2.24) is 15.5 Å². The number of rotatable bonds is 8. The number of amides is 3. The number of anilines is 1. The fourth-order valence-corrected chi connectivity index (χ4v) is 4.33. The Balaban J connectivity index is 1.72. The van der Waals surface area contributed by atoms with Crippen LogP contribution >= 0.6 is 0 Å². The summed E-state index contributed by atoms with van der Waals surface area (Å²) >= 11 is 0. The first-order valence-corrected chi connectivity index (χ1v) is 10.4. The molecule has 1 aliphatic heterocycles. The van der Waals surface area contributed by atoms with Crippen LogP contribution in [0.25, 0.3) is 0 Å². The van der Waals surface area contributed by atoms with Gasteiger partial charge < -0.3 is 5.32 Å². The van der Waals surface area contributed by atoms with E-state index in [1.165, 1.54) is 5.01 Å². The second kappa shape index (κ2) is 10.4. The monoisotopic (exact) mass is 402 g/mol. The molecule has 158 valence electrons. The topological polar surface area (TPSA) is 102 Å². The molecule has 1 aromatic rings. The average molecular weight is 402 g/mol. The van der Waals surface area contributed by atoms with Gasteiger partial charge in [0, 0.05) is 12.2 Å². The maximum atomic E-state index is 13.3. The SMILES string of the molecule is O=CN(O)C[C@@H](CC1CCCC1)C(=O)N1NCCC[C@H]1C(=O)Nc1ccccc1. The predicted molar refractivity (Wildman–Crippen MR) is 108 cm³/mol. The summed E-state index contributed by atoms with van der Waals surface area (Å²) in [6.45, 7) is 0.539. The van der Waals surface area contributed by atoms with E-state index < -0.39 is 12.0 Å². The first kappa shape index (κ1) is 21.3. The second-order valence-electron chi connectivity index (χ2n) is 7.94. The number of nitrogens with one attached hydrogen (secondary N) is 2. The Morgan fingerprint density at radius 1 is 1.21 bits per heavy atom. The summed E-state index contributed by atoms with van der Waals surface area (Å²) in [5.74, 6) is -0.630. The van der Waals surface area contributed by atoms with Crippen molar-refractivity contribution in [2.45, 2.75) is 51.0 Å². The van der Waals surface area contributed by atoms with Crippen LogP contribution in [0.2, 0.25) is 0 Å². The zero-order chi connectivity index (χ0) is 20.6. The zero-order valence-corrected chi connectivity index (χ0v) is 16.6. The summed E-state index contributed by atoms with van der Waals surface area (Å²) in [5, 5.41) is 14.5. The van der Waals surface area contributed by atoms with Crippen LogP contribution in [0.4, 0.5) is 5.69 Å². The van der Waals surface area contributed by atoms with E-state index in [2.05, 4.69) is 10.7 Å². The van der Waals surface area contributed by atoms with E-state index in [0.29, 0.717) is 42.5 Å². The van der Waals surface area contributed by atoms with Crippen molar-refractivity contribution >= 4 is 23.9 Å². The van der Waals surface area contributed by atoms with E-state index >= 15 is 0 Å². The fourth-order valence-electron chi connectivity index (χ4n) is 4.33. The van der Waals surface area contributed by atoms with Gasteiger partial charge in [-0.05, 0) is 37.3 Å². The summed E-state index contributed by atoms with van der Waals surface area (Å²) < 4.78 is 0. The molecule has 3 rings (SSSR count). The van der Waals surface area contributed by atoms with Gasteiger partial charge in [-0.2, -0.15) is 0 Å². The molecule has 1 saturated heterocycles. The lowest BCUT2D eigenvalue weighted by Crippen LogP contribution is -2.59. The van der Waals surface area contributed by atoms with E-state index in [9.17, 15) is 19.6 Å². The molecule has 1 aliphatic carbocycles. The Kier molecular flexibility index (Phi) is 7.60.